The molecular weight excluding hydrogens is 358 g/mol. The van der Waals surface area contributed by atoms with Crippen LogP contribution >= 0.6 is 0 Å². The first kappa shape index (κ1) is 15.3. The quantitative estimate of drug-likeness (QED) is 0.746. The molecule has 0 bridgehead atoms. The van der Waals surface area contributed by atoms with Crippen LogP contribution in [0.5, 0.6) is 11.5 Å². The molecule has 140 valence electrons. The molecule has 2 aromatic heterocycles. The number of alkyl halides is 2. The Bertz CT molecular complexity index is 1090. The van der Waals surface area contributed by atoms with Gasteiger partial charge >= 0.3 is 6.29 Å². The van der Waals surface area contributed by atoms with Gasteiger partial charge in [0.05, 0.1) is 0 Å². The first-order chi connectivity index (χ1) is 13.0. The summed E-state index contributed by atoms with van der Waals surface area (Å²) in [5, 5.41) is 4.98. The number of ether oxygens (including phenoxy) is 2. The van der Waals surface area contributed by atoms with Gasteiger partial charge in [-0.25, -0.2) is 9.97 Å². The summed E-state index contributed by atoms with van der Waals surface area (Å²) in [5.41, 5.74) is 6.65. The van der Waals surface area contributed by atoms with E-state index in [0.717, 1.165) is 31.5 Å². The smallest absolute Gasteiger partial charge is 0.395 e. The normalized spacial score (nSPS) is 25.4. The van der Waals surface area contributed by atoms with Gasteiger partial charge in [0.1, 0.15) is 5.52 Å². The summed E-state index contributed by atoms with van der Waals surface area (Å²) >= 11 is 0. The van der Waals surface area contributed by atoms with E-state index in [0.29, 0.717) is 23.3 Å². The fourth-order valence-corrected chi connectivity index (χ4v) is 4.18. The minimum Gasteiger partial charge on any atom is -0.395 e. The maximum absolute atomic E-state index is 13.4. The van der Waals surface area contributed by atoms with Gasteiger partial charge in [-0.15, -0.1) is 13.9 Å². The van der Waals surface area contributed by atoms with Gasteiger partial charge in [-0.3, -0.25) is 0 Å². The second kappa shape index (κ2) is 4.94. The number of nitrogens with zero attached hydrogens (tertiary/aromatic N) is 5. The average Bonchev–Trinajstić information content (AvgIpc) is 2.99. The maximum atomic E-state index is 13.4. The van der Waals surface area contributed by atoms with Crippen LogP contribution in [0.4, 0.5) is 14.7 Å². The lowest BCUT2D eigenvalue weighted by molar-refractivity contribution is -0.286. The Hall–Kier alpha value is -2.75. The summed E-state index contributed by atoms with van der Waals surface area (Å²) in [5.74, 6) is 2.27. The Morgan fingerprint density at radius 2 is 2.00 bits per heavy atom. The Morgan fingerprint density at radius 1 is 1.19 bits per heavy atom. The Kier molecular flexibility index (Phi) is 2.81. The third-order valence-corrected chi connectivity index (χ3v) is 5.59. The third-order valence-electron chi connectivity index (χ3n) is 5.59. The van der Waals surface area contributed by atoms with Crippen molar-refractivity contribution in [1.82, 2.24) is 24.5 Å². The third kappa shape index (κ3) is 2.32. The molecule has 1 aromatic carbocycles. The second-order valence-electron chi connectivity index (χ2n) is 7.46. The molecule has 27 heavy (non-hydrogen) atoms. The van der Waals surface area contributed by atoms with Crippen LogP contribution in [-0.4, -0.2) is 50.4 Å². The number of hydrogen-bond acceptors (Lipinski definition) is 7. The van der Waals surface area contributed by atoms with Crippen LogP contribution in [0.15, 0.2) is 12.1 Å². The van der Waals surface area contributed by atoms with Crippen molar-refractivity contribution in [2.45, 2.75) is 19.1 Å². The molecule has 8 nitrogen and oxygen atoms in total. The van der Waals surface area contributed by atoms with Crippen molar-refractivity contribution in [3.63, 3.8) is 0 Å². The average molecular weight is 374 g/mol. The SMILES string of the molecule is Nc1nc2c3c(ccc2c2nc(CCN4CC5CC5C4)nn12)OC(F)(F)O3. The Labute approximate surface area is 151 Å². The van der Waals surface area contributed by atoms with Crippen molar-refractivity contribution in [3.05, 3.63) is 18.0 Å². The molecular formula is C17H16F2N6O2. The summed E-state index contributed by atoms with van der Waals surface area (Å²) in [4.78, 5) is 11.2. The van der Waals surface area contributed by atoms with Crippen LogP contribution in [0, 0.1) is 11.8 Å². The topological polar surface area (TPSA) is 90.8 Å². The number of piperidine rings is 1. The molecule has 0 radical (unpaired) electrons. The van der Waals surface area contributed by atoms with E-state index in [1.807, 2.05) is 0 Å². The highest BCUT2D eigenvalue weighted by Gasteiger charge is 2.45. The van der Waals surface area contributed by atoms with Crippen molar-refractivity contribution in [2.24, 2.45) is 11.8 Å². The van der Waals surface area contributed by atoms with E-state index < -0.39 is 6.29 Å². The second-order valence-corrected chi connectivity index (χ2v) is 7.46. The molecule has 4 heterocycles. The number of hydrogen-bond donors (Lipinski definition) is 1. The molecule has 2 fully saturated rings. The molecule has 10 heteroatoms. The van der Waals surface area contributed by atoms with E-state index in [1.165, 1.54) is 17.0 Å². The number of rotatable bonds is 3. The molecule has 1 saturated heterocycles. The van der Waals surface area contributed by atoms with Gasteiger partial charge in [-0.2, -0.15) is 4.52 Å². The van der Waals surface area contributed by atoms with E-state index in [1.54, 1.807) is 6.07 Å². The first-order valence-electron chi connectivity index (χ1n) is 8.93. The van der Waals surface area contributed by atoms with Crippen LogP contribution in [0.25, 0.3) is 16.6 Å². The van der Waals surface area contributed by atoms with Crippen LogP contribution in [0.2, 0.25) is 0 Å². The molecule has 2 N–H and O–H groups in total. The zero-order valence-electron chi connectivity index (χ0n) is 14.2. The molecule has 2 atom stereocenters. The fourth-order valence-electron chi connectivity index (χ4n) is 4.18. The lowest BCUT2D eigenvalue weighted by atomic mass is 10.2. The highest BCUT2D eigenvalue weighted by molar-refractivity contribution is 5.97. The summed E-state index contributed by atoms with van der Waals surface area (Å²) in [7, 11) is 0. The summed E-state index contributed by atoms with van der Waals surface area (Å²) in [6.45, 7) is 3.21. The van der Waals surface area contributed by atoms with E-state index in [4.69, 9.17) is 5.73 Å². The van der Waals surface area contributed by atoms with E-state index in [2.05, 4.69) is 29.4 Å². The number of halogens is 2. The molecule has 2 aliphatic heterocycles. The summed E-state index contributed by atoms with van der Waals surface area (Å²) in [6.07, 6.45) is -1.65. The lowest BCUT2D eigenvalue weighted by Gasteiger charge is -2.15. The predicted molar refractivity (Wildman–Crippen MR) is 90.6 cm³/mol. The number of anilines is 1. The van der Waals surface area contributed by atoms with E-state index >= 15 is 0 Å². The Balaban J connectivity index is 1.38. The Morgan fingerprint density at radius 3 is 2.81 bits per heavy atom. The number of benzene rings is 1. The van der Waals surface area contributed by atoms with Crippen LogP contribution in [-0.2, 0) is 6.42 Å². The fraction of sp³-hybridized carbons (Fsp3) is 0.471. The molecule has 3 aliphatic rings. The highest BCUT2D eigenvalue weighted by atomic mass is 19.3. The van der Waals surface area contributed by atoms with Crippen molar-refractivity contribution < 1.29 is 18.3 Å². The molecule has 6 rings (SSSR count). The maximum Gasteiger partial charge on any atom is 0.586 e. The van der Waals surface area contributed by atoms with Gasteiger partial charge in [-0.1, -0.05) is 0 Å². The van der Waals surface area contributed by atoms with Gasteiger partial charge in [0, 0.05) is 31.4 Å². The predicted octanol–water partition coefficient (Wildman–Crippen LogP) is 1.68. The molecule has 0 spiro atoms. The molecule has 1 aliphatic carbocycles. The number of nitrogen functional groups attached to an aromatic ring is 1. The lowest BCUT2D eigenvalue weighted by Crippen LogP contribution is -2.26. The minimum atomic E-state index is -3.71. The van der Waals surface area contributed by atoms with Crippen molar-refractivity contribution in [2.75, 3.05) is 25.4 Å². The minimum absolute atomic E-state index is 0.0610. The van der Waals surface area contributed by atoms with Crippen molar-refractivity contribution >= 4 is 22.5 Å². The zero-order chi connectivity index (χ0) is 18.3. The number of aromatic nitrogens is 4. The van der Waals surface area contributed by atoms with Gasteiger partial charge in [-0.05, 0) is 30.4 Å². The summed E-state index contributed by atoms with van der Waals surface area (Å²) in [6, 6.07) is 3.04. The van der Waals surface area contributed by atoms with Gasteiger partial charge in [0.2, 0.25) is 5.95 Å². The van der Waals surface area contributed by atoms with Gasteiger partial charge in [0.15, 0.2) is 23.0 Å². The molecule has 2 unspecified atom stereocenters. The number of fused-ring (bicyclic) bond motifs is 6. The highest BCUT2D eigenvalue weighted by Crippen LogP contribution is 2.46. The van der Waals surface area contributed by atoms with E-state index in [-0.39, 0.29) is 23.0 Å². The number of nitrogens with two attached hydrogens (primary N) is 1. The van der Waals surface area contributed by atoms with Crippen LogP contribution in [0.1, 0.15) is 12.2 Å². The molecule has 1 saturated carbocycles. The van der Waals surface area contributed by atoms with Crippen molar-refractivity contribution in [1.29, 1.82) is 0 Å². The first-order valence-corrected chi connectivity index (χ1v) is 8.93. The van der Waals surface area contributed by atoms with Gasteiger partial charge in [0.25, 0.3) is 0 Å². The van der Waals surface area contributed by atoms with Crippen molar-refractivity contribution in [3.8, 4) is 11.5 Å². The largest absolute Gasteiger partial charge is 0.586 e. The zero-order valence-corrected chi connectivity index (χ0v) is 14.2. The van der Waals surface area contributed by atoms with E-state index in [9.17, 15) is 8.78 Å². The molecule has 3 aromatic rings. The summed E-state index contributed by atoms with van der Waals surface area (Å²) < 4.78 is 37.4. The standard InChI is InChI=1S/C17H16F2N6O2/c18-17(19)26-11-2-1-10-13(14(11)27-17)22-16(20)25-15(10)21-12(23-25)3-4-24-6-8-5-9(8)7-24/h1-2,8-9H,3-7H2,(H2,20,22). The molecule has 0 amide bonds. The number of likely N-dealkylation sites (tertiary alicyclic amines) is 1. The monoisotopic (exact) mass is 374 g/mol. The van der Waals surface area contributed by atoms with Crippen LogP contribution in [0.3, 0.4) is 0 Å². The van der Waals surface area contributed by atoms with Crippen LogP contribution < -0.4 is 15.2 Å². The van der Waals surface area contributed by atoms with Gasteiger partial charge < -0.3 is 20.1 Å².